The first kappa shape index (κ1) is 24.4. The van der Waals surface area contributed by atoms with Crippen molar-refractivity contribution in [3.8, 4) is 11.4 Å². The van der Waals surface area contributed by atoms with Crippen molar-refractivity contribution in [2.24, 2.45) is 0 Å². The number of rotatable bonds is 9. The van der Waals surface area contributed by atoms with E-state index in [0.717, 1.165) is 54.9 Å². The minimum atomic E-state index is -0.0137. The van der Waals surface area contributed by atoms with E-state index in [2.05, 4.69) is 82.2 Å². The number of hydrogen-bond donors (Lipinski definition) is 1. The number of morpholine rings is 1. The molecule has 1 aromatic heterocycles. The molecule has 2 aromatic carbocycles. The van der Waals surface area contributed by atoms with Crippen LogP contribution in [-0.4, -0.2) is 57.1 Å². The molecule has 0 saturated carbocycles. The number of nitrogens with zero attached hydrogens (tertiary/aromatic N) is 4. The van der Waals surface area contributed by atoms with Crippen molar-refractivity contribution < 1.29 is 9.53 Å². The molecular weight excluding hydrogens is 446 g/mol. The summed E-state index contributed by atoms with van der Waals surface area (Å²) in [6, 6.07) is 16.7. The van der Waals surface area contributed by atoms with Gasteiger partial charge in [-0.1, -0.05) is 59.8 Å². The molecule has 1 fully saturated rings. The summed E-state index contributed by atoms with van der Waals surface area (Å²) in [5, 5.41) is 12.5. The molecular formula is C26H33N5O2S. The van der Waals surface area contributed by atoms with Crippen molar-refractivity contribution in [2.45, 2.75) is 51.7 Å². The number of nitrogens with one attached hydrogen (secondary N) is 1. The Morgan fingerprint density at radius 2 is 2.00 bits per heavy atom. The van der Waals surface area contributed by atoms with Gasteiger partial charge in [0.15, 0.2) is 11.0 Å². The Hall–Kier alpha value is -2.68. The molecule has 0 bridgehead atoms. The van der Waals surface area contributed by atoms with E-state index < -0.39 is 0 Å². The highest BCUT2D eigenvalue weighted by Crippen LogP contribution is 2.24. The highest BCUT2D eigenvalue weighted by Gasteiger charge is 2.17. The molecule has 1 unspecified atom stereocenters. The first-order valence-corrected chi connectivity index (χ1v) is 12.8. The topological polar surface area (TPSA) is 72.3 Å². The fourth-order valence-electron chi connectivity index (χ4n) is 4.19. The monoisotopic (exact) mass is 479 g/mol. The molecule has 0 spiro atoms. The average molecular weight is 480 g/mol. The normalized spacial score (nSPS) is 16.5. The second kappa shape index (κ2) is 11.6. The molecule has 3 aromatic rings. The van der Waals surface area contributed by atoms with Gasteiger partial charge in [0.2, 0.25) is 5.91 Å². The first-order valence-electron chi connectivity index (χ1n) is 11.8. The zero-order valence-electron chi connectivity index (χ0n) is 20.2. The standard InChI is InChI=1S/C26H33N5O2S/c1-4-31-25(23-10-5-7-19(2)13-23)28-29-26(31)34-18-24(32)27-15-21-8-6-9-22(14-21)17-30-11-12-33-20(3)16-30/h5-10,13-14,20H,4,11-12,15-18H2,1-3H3,(H,27,32). The lowest BCUT2D eigenvalue weighted by Crippen LogP contribution is -2.40. The number of aryl methyl sites for hydroxylation is 1. The number of thioether (sulfide) groups is 1. The lowest BCUT2D eigenvalue weighted by atomic mass is 10.1. The Bertz CT molecular complexity index is 1120. The summed E-state index contributed by atoms with van der Waals surface area (Å²) in [6.45, 7) is 11.1. The fraction of sp³-hybridized carbons (Fsp3) is 0.423. The number of benzene rings is 2. The number of carbonyl (C=O) groups excluding carboxylic acids is 1. The van der Waals surface area contributed by atoms with Gasteiger partial charge in [-0.2, -0.15) is 0 Å². The van der Waals surface area contributed by atoms with Gasteiger partial charge in [0, 0.05) is 38.3 Å². The maximum absolute atomic E-state index is 12.5. The largest absolute Gasteiger partial charge is 0.376 e. The Labute approximate surface area is 205 Å². The second-order valence-electron chi connectivity index (χ2n) is 8.72. The SMILES string of the molecule is CCn1c(SCC(=O)NCc2cccc(CN3CCOC(C)C3)c2)nnc1-c1cccc(C)c1. The van der Waals surface area contributed by atoms with Gasteiger partial charge >= 0.3 is 0 Å². The molecule has 1 saturated heterocycles. The van der Waals surface area contributed by atoms with Gasteiger partial charge in [0.05, 0.1) is 18.5 Å². The number of carbonyl (C=O) groups is 1. The minimum Gasteiger partial charge on any atom is -0.376 e. The molecule has 4 rings (SSSR count). The van der Waals surface area contributed by atoms with Crippen molar-refractivity contribution in [3.63, 3.8) is 0 Å². The van der Waals surface area contributed by atoms with Crippen molar-refractivity contribution in [2.75, 3.05) is 25.4 Å². The lowest BCUT2D eigenvalue weighted by molar-refractivity contribution is -0.118. The van der Waals surface area contributed by atoms with Crippen molar-refractivity contribution in [3.05, 3.63) is 65.2 Å². The molecule has 1 atom stereocenters. The minimum absolute atomic E-state index is 0.0137. The van der Waals surface area contributed by atoms with Crippen LogP contribution in [-0.2, 0) is 29.2 Å². The summed E-state index contributed by atoms with van der Waals surface area (Å²) < 4.78 is 7.69. The molecule has 2 heterocycles. The zero-order valence-corrected chi connectivity index (χ0v) is 21.0. The lowest BCUT2D eigenvalue weighted by Gasteiger charge is -2.31. The Balaban J connectivity index is 1.29. The predicted octanol–water partition coefficient (Wildman–Crippen LogP) is 3.90. The average Bonchev–Trinajstić information content (AvgIpc) is 3.25. The van der Waals surface area contributed by atoms with Crippen LogP contribution in [0, 0.1) is 6.92 Å². The van der Waals surface area contributed by atoms with Crippen LogP contribution in [0.3, 0.4) is 0 Å². The van der Waals surface area contributed by atoms with Crippen LogP contribution < -0.4 is 5.32 Å². The fourth-order valence-corrected chi connectivity index (χ4v) is 5.02. The highest BCUT2D eigenvalue weighted by molar-refractivity contribution is 7.99. The second-order valence-corrected chi connectivity index (χ2v) is 9.66. The van der Waals surface area contributed by atoms with Crippen LogP contribution in [0.1, 0.15) is 30.5 Å². The Morgan fingerprint density at radius 1 is 1.18 bits per heavy atom. The summed E-state index contributed by atoms with van der Waals surface area (Å²) in [4.78, 5) is 15.0. The summed E-state index contributed by atoms with van der Waals surface area (Å²) in [7, 11) is 0. The van der Waals surface area contributed by atoms with Crippen LogP contribution in [0.2, 0.25) is 0 Å². The third kappa shape index (κ3) is 6.46. The van der Waals surface area contributed by atoms with Gasteiger partial charge in [0.1, 0.15) is 0 Å². The summed E-state index contributed by atoms with van der Waals surface area (Å²) in [6.07, 6.45) is 0.278. The zero-order chi connectivity index (χ0) is 23.9. The smallest absolute Gasteiger partial charge is 0.230 e. The van der Waals surface area contributed by atoms with Gasteiger partial charge in [-0.25, -0.2) is 0 Å². The van der Waals surface area contributed by atoms with Crippen molar-refractivity contribution >= 4 is 17.7 Å². The van der Waals surface area contributed by atoms with E-state index in [-0.39, 0.29) is 12.0 Å². The molecule has 0 radical (unpaired) electrons. The molecule has 8 heteroatoms. The number of aromatic nitrogens is 3. The van der Waals surface area contributed by atoms with E-state index in [1.807, 2.05) is 12.1 Å². The van der Waals surface area contributed by atoms with Crippen LogP contribution in [0.4, 0.5) is 0 Å². The molecule has 34 heavy (non-hydrogen) atoms. The van der Waals surface area contributed by atoms with Gasteiger partial charge in [-0.15, -0.1) is 10.2 Å². The summed E-state index contributed by atoms with van der Waals surface area (Å²) in [5.74, 6) is 1.12. The number of ether oxygens (including phenoxy) is 1. The summed E-state index contributed by atoms with van der Waals surface area (Å²) >= 11 is 1.42. The van der Waals surface area contributed by atoms with Crippen LogP contribution in [0.15, 0.2) is 53.7 Å². The third-order valence-electron chi connectivity index (χ3n) is 5.85. The van der Waals surface area contributed by atoms with Gasteiger partial charge < -0.3 is 14.6 Å². The Kier molecular flexibility index (Phi) is 8.37. The van der Waals surface area contributed by atoms with E-state index in [9.17, 15) is 4.79 Å². The van der Waals surface area contributed by atoms with E-state index in [1.54, 1.807) is 0 Å². The molecule has 180 valence electrons. The molecule has 1 aliphatic heterocycles. The molecule has 1 amide bonds. The van der Waals surface area contributed by atoms with Crippen molar-refractivity contribution in [1.82, 2.24) is 25.0 Å². The molecule has 0 aliphatic carbocycles. The maximum Gasteiger partial charge on any atom is 0.230 e. The van der Waals surface area contributed by atoms with E-state index in [4.69, 9.17) is 4.74 Å². The van der Waals surface area contributed by atoms with E-state index >= 15 is 0 Å². The van der Waals surface area contributed by atoms with Crippen LogP contribution in [0.5, 0.6) is 0 Å². The summed E-state index contributed by atoms with van der Waals surface area (Å²) in [5.41, 5.74) is 4.59. The highest BCUT2D eigenvalue weighted by atomic mass is 32.2. The van der Waals surface area contributed by atoms with Gasteiger partial charge in [-0.3, -0.25) is 9.69 Å². The van der Waals surface area contributed by atoms with Gasteiger partial charge in [-0.05, 0) is 38.0 Å². The van der Waals surface area contributed by atoms with Crippen LogP contribution in [0.25, 0.3) is 11.4 Å². The molecule has 1 aliphatic rings. The molecule has 1 N–H and O–H groups in total. The predicted molar refractivity (Wildman–Crippen MR) is 136 cm³/mol. The van der Waals surface area contributed by atoms with Crippen molar-refractivity contribution in [1.29, 1.82) is 0 Å². The van der Waals surface area contributed by atoms with Crippen LogP contribution >= 0.6 is 11.8 Å². The van der Waals surface area contributed by atoms with E-state index in [1.165, 1.54) is 22.9 Å². The number of hydrogen-bond acceptors (Lipinski definition) is 6. The first-order chi connectivity index (χ1) is 16.5. The van der Waals surface area contributed by atoms with E-state index in [0.29, 0.717) is 12.3 Å². The quantitative estimate of drug-likeness (QED) is 0.469. The maximum atomic E-state index is 12.5. The molecule has 7 nitrogen and oxygen atoms in total. The Morgan fingerprint density at radius 3 is 2.79 bits per heavy atom. The third-order valence-corrected chi connectivity index (χ3v) is 6.82. The van der Waals surface area contributed by atoms with Gasteiger partial charge in [0.25, 0.3) is 0 Å². The number of amides is 1.